The lowest BCUT2D eigenvalue weighted by molar-refractivity contribution is 0.0696. The Morgan fingerprint density at radius 2 is 1.62 bits per heavy atom. The minimum atomic E-state index is -1.11. The van der Waals surface area contributed by atoms with Crippen LogP contribution in [0, 0.1) is 5.82 Å². The molecule has 12 nitrogen and oxygen atoms in total. The average Bonchev–Trinajstić information content (AvgIpc) is 3.24. The van der Waals surface area contributed by atoms with E-state index in [4.69, 9.17) is 9.84 Å². The number of benzene rings is 2. The maximum atomic E-state index is 15.2. The Labute approximate surface area is 209 Å². The van der Waals surface area contributed by atoms with Crippen molar-refractivity contribution in [3.8, 4) is 5.69 Å². The van der Waals surface area contributed by atoms with Crippen LogP contribution in [0.2, 0.25) is 0 Å². The second-order valence-corrected chi connectivity index (χ2v) is 8.80. The molecule has 37 heavy (non-hydrogen) atoms. The van der Waals surface area contributed by atoms with Crippen LogP contribution in [0.15, 0.2) is 52.1 Å². The van der Waals surface area contributed by atoms with Gasteiger partial charge >= 0.3 is 23.4 Å². The van der Waals surface area contributed by atoms with Gasteiger partial charge in [-0.3, -0.25) is 4.90 Å². The number of carboxylic acids is 1. The predicted octanol–water partition coefficient (Wildman–Crippen LogP) is 0.703. The molecular weight excluding hydrogens is 487 g/mol. The number of halogens is 1. The van der Waals surface area contributed by atoms with Crippen LogP contribution in [-0.2, 0) is 17.8 Å². The molecule has 13 heteroatoms. The fourth-order valence-electron chi connectivity index (χ4n) is 4.70. The highest BCUT2D eigenvalue weighted by atomic mass is 19.1. The number of hydrogen-bond acceptors (Lipinski definition) is 7. The van der Waals surface area contributed by atoms with Gasteiger partial charge in [-0.05, 0) is 49.5 Å². The molecule has 2 aliphatic heterocycles. The summed E-state index contributed by atoms with van der Waals surface area (Å²) in [6, 6.07) is 9.98. The van der Waals surface area contributed by atoms with Gasteiger partial charge in [0.05, 0.1) is 42.3 Å². The monoisotopic (exact) mass is 512 g/mol. The third kappa shape index (κ3) is 4.37. The summed E-state index contributed by atoms with van der Waals surface area (Å²) in [5, 5.41) is 12.0. The van der Waals surface area contributed by atoms with Crippen LogP contribution < -0.4 is 26.5 Å². The maximum absolute atomic E-state index is 15.2. The van der Waals surface area contributed by atoms with Crippen molar-refractivity contribution in [1.29, 1.82) is 0 Å². The van der Waals surface area contributed by atoms with Crippen molar-refractivity contribution in [3.05, 3.63) is 74.8 Å². The number of carbonyl (C=O) groups is 2. The molecule has 5 rings (SSSR count). The predicted molar refractivity (Wildman–Crippen MR) is 131 cm³/mol. The number of fused-ring (bicyclic) bond motifs is 1. The lowest BCUT2D eigenvalue weighted by atomic mass is 10.2. The van der Waals surface area contributed by atoms with Crippen molar-refractivity contribution in [3.63, 3.8) is 0 Å². The van der Waals surface area contributed by atoms with Crippen LogP contribution >= 0.6 is 0 Å². The van der Waals surface area contributed by atoms with Gasteiger partial charge in [-0.25, -0.2) is 37.5 Å². The zero-order chi connectivity index (χ0) is 26.3. The molecule has 0 spiro atoms. The molecule has 0 unspecified atom stereocenters. The number of nitrogens with one attached hydrogen (secondary N) is 1. The first kappa shape index (κ1) is 24.3. The Hall–Kier alpha value is -4.39. The van der Waals surface area contributed by atoms with Gasteiger partial charge in [0.2, 0.25) is 0 Å². The lowest BCUT2D eigenvalue weighted by Gasteiger charge is -2.23. The highest BCUT2D eigenvalue weighted by Crippen LogP contribution is 2.28. The second-order valence-electron chi connectivity index (χ2n) is 8.80. The number of amides is 1. The summed E-state index contributed by atoms with van der Waals surface area (Å²) in [7, 11) is 1.75. The molecule has 3 aromatic rings. The van der Waals surface area contributed by atoms with Crippen molar-refractivity contribution in [1.82, 2.24) is 19.2 Å². The van der Waals surface area contributed by atoms with E-state index in [1.165, 1.54) is 44.6 Å². The molecule has 0 bridgehead atoms. The average molecular weight is 512 g/mol. The van der Waals surface area contributed by atoms with Gasteiger partial charge < -0.3 is 20.1 Å². The van der Waals surface area contributed by atoms with Gasteiger partial charge in [0.1, 0.15) is 11.9 Å². The van der Waals surface area contributed by atoms with Gasteiger partial charge in [0.15, 0.2) is 0 Å². The Balaban J connectivity index is 1.35. The third-order valence-corrected chi connectivity index (χ3v) is 6.54. The van der Waals surface area contributed by atoms with E-state index in [0.717, 1.165) is 4.57 Å². The highest BCUT2D eigenvalue weighted by Gasteiger charge is 2.32. The molecule has 0 aliphatic carbocycles. The molecule has 3 heterocycles. The van der Waals surface area contributed by atoms with E-state index in [-0.39, 0.29) is 43.5 Å². The minimum absolute atomic E-state index is 0.0424. The van der Waals surface area contributed by atoms with Crippen LogP contribution in [-0.4, -0.2) is 70.4 Å². The van der Waals surface area contributed by atoms with E-state index in [0.29, 0.717) is 24.5 Å². The van der Waals surface area contributed by atoms with Gasteiger partial charge in [-0.15, -0.1) is 0 Å². The summed E-state index contributed by atoms with van der Waals surface area (Å²) in [5.74, 6) is -1.64. The molecule has 1 saturated heterocycles. The number of anilines is 2. The number of likely N-dealkylation sites (N-methyl/N-ethyl adjacent to an activating group) is 1. The van der Waals surface area contributed by atoms with Gasteiger partial charge in [0, 0.05) is 19.6 Å². The second kappa shape index (κ2) is 9.58. The van der Waals surface area contributed by atoms with E-state index >= 15 is 4.39 Å². The molecule has 194 valence electrons. The largest absolute Gasteiger partial charge is 0.478 e. The molecule has 1 aromatic heterocycles. The Kier molecular flexibility index (Phi) is 6.29. The molecule has 1 fully saturated rings. The van der Waals surface area contributed by atoms with E-state index in [1.54, 1.807) is 24.1 Å². The first-order chi connectivity index (χ1) is 17.8. The summed E-state index contributed by atoms with van der Waals surface area (Å²) in [4.78, 5) is 52.5. The van der Waals surface area contributed by atoms with Crippen LogP contribution in [0.5, 0.6) is 0 Å². The van der Waals surface area contributed by atoms with Gasteiger partial charge in [-0.2, -0.15) is 0 Å². The number of carbonyl (C=O) groups excluding carboxylic acids is 1. The Morgan fingerprint density at radius 3 is 2.19 bits per heavy atom. The third-order valence-electron chi connectivity index (χ3n) is 6.54. The van der Waals surface area contributed by atoms with Crippen molar-refractivity contribution >= 4 is 23.4 Å². The molecule has 2 N–H and O–H groups in total. The van der Waals surface area contributed by atoms with Gasteiger partial charge in [-0.1, -0.05) is 0 Å². The van der Waals surface area contributed by atoms with Crippen molar-refractivity contribution < 1.29 is 23.8 Å². The quantitative estimate of drug-likeness (QED) is 0.494. The zero-order valence-electron chi connectivity index (χ0n) is 20.0. The molecular formula is C24H25FN6O6. The number of aromatic nitrogens is 3. The number of cyclic esters (lactones) is 1. The topological polar surface area (TPSA) is 131 Å². The SMILES string of the molecule is CNC[C@H]1CN(c2ccc(N3CCn4c(=O)n(-c5ccc(C(=O)O)cc5)c(=O)n4CC3)c(F)c2)C(=O)O1. The number of hydrogen-bond donors (Lipinski definition) is 2. The number of ether oxygens (including phenoxy) is 1. The summed E-state index contributed by atoms with van der Waals surface area (Å²) in [5.41, 5.74) is -0.126. The fraction of sp³-hybridized carbons (Fsp3) is 0.333. The molecule has 2 aliphatic rings. The highest BCUT2D eigenvalue weighted by molar-refractivity contribution is 5.90. The Bertz CT molecular complexity index is 1440. The zero-order valence-corrected chi connectivity index (χ0v) is 20.0. The van der Waals surface area contributed by atoms with E-state index < -0.39 is 29.3 Å². The number of rotatable bonds is 6. The summed E-state index contributed by atoms with van der Waals surface area (Å²) in [6.07, 6.45) is -0.854. The molecule has 0 saturated carbocycles. The van der Waals surface area contributed by atoms with Crippen LogP contribution in [0.25, 0.3) is 5.69 Å². The first-order valence-electron chi connectivity index (χ1n) is 11.7. The molecule has 1 atom stereocenters. The van der Waals surface area contributed by atoms with Crippen LogP contribution in [0.1, 0.15) is 10.4 Å². The summed E-state index contributed by atoms with van der Waals surface area (Å²) in [6.45, 7) is 1.62. The van der Waals surface area contributed by atoms with E-state index in [2.05, 4.69) is 5.32 Å². The van der Waals surface area contributed by atoms with Crippen molar-refractivity contribution in [2.24, 2.45) is 0 Å². The molecule has 0 radical (unpaired) electrons. The maximum Gasteiger partial charge on any atom is 0.414 e. The van der Waals surface area contributed by atoms with Crippen LogP contribution in [0.3, 0.4) is 0 Å². The first-order valence-corrected chi connectivity index (χ1v) is 11.7. The minimum Gasteiger partial charge on any atom is -0.478 e. The number of nitrogens with zero attached hydrogens (tertiary/aromatic N) is 5. The standard InChI is InChI=1S/C24H25FN6O6/c1-26-13-18-14-28(24(36)37-18)17-6-7-20(19(25)12-17)27-8-10-29-22(34)31(23(35)30(29)11-9-27)16-4-2-15(3-5-16)21(32)33/h2-7,12,18,26H,8-11,13-14H2,1H3,(H,32,33)/t18-/m0/s1. The van der Waals surface area contributed by atoms with Crippen molar-refractivity contribution in [2.45, 2.75) is 19.2 Å². The smallest absolute Gasteiger partial charge is 0.414 e. The van der Waals surface area contributed by atoms with Gasteiger partial charge in [0.25, 0.3) is 0 Å². The summed E-state index contributed by atoms with van der Waals surface area (Å²) >= 11 is 0. The molecule has 2 aromatic carbocycles. The van der Waals surface area contributed by atoms with Crippen LogP contribution in [0.4, 0.5) is 20.6 Å². The number of carboxylic acid groups (broad SMARTS) is 1. The summed E-state index contributed by atoms with van der Waals surface area (Å²) < 4.78 is 24.1. The van der Waals surface area contributed by atoms with E-state index in [9.17, 15) is 19.2 Å². The lowest BCUT2D eigenvalue weighted by Crippen LogP contribution is -2.33. The normalized spacial score (nSPS) is 17.5. The van der Waals surface area contributed by atoms with E-state index in [1.807, 2.05) is 0 Å². The Morgan fingerprint density at radius 1 is 1.00 bits per heavy atom. The molecule has 1 amide bonds. The van der Waals surface area contributed by atoms with Crippen molar-refractivity contribution in [2.75, 3.05) is 43.0 Å². The number of aromatic carboxylic acids is 1. The fourth-order valence-corrected chi connectivity index (χ4v) is 4.70.